The number of aromatic nitrogens is 1. The molecule has 1 unspecified atom stereocenters. The van der Waals surface area contributed by atoms with E-state index >= 15 is 0 Å². The van der Waals surface area contributed by atoms with Crippen LogP contribution in [0.2, 0.25) is 0 Å². The van der Waals surface area contributed by atoms with Gasteiger partial charge in [-0.25, -0.2) is 4.39 Å². The first kappa shape index (κ1) is 14.1. The minimum Gasteiger partial charge on any atom is -0.271 e. The predicted molar refractivity (Wildman–Crippen MR) is 76.8 cm³/mol. The molecule has 0 saturated heterocycles. The molecule has 0 bridgehead atoms. The molecule has 1 aromatic heterocycles. The third-order valence-electron chi connectivity index (χ3n) is 3.08. The van der Waals surface area contributed by atoms with Crippen LogP contribution in [0.5, 0.6) is 0 Å². The summed E-state index contributed by atoms with van der Waals surface area (Å²) in [7, 11) is 0. The summed E-state index contributed by atoms with van der Waals surface area (Å²) >= 11 is 3.37. The van der Waals surface area contributed by atoms with Crippen molar-refractivity contribution in [2.75, 3.05) is 0 Å². The molecule has 1 heterocycles. The first-order valence-electron chi connectivity index (χ1n) is 5.92. The van der Waals surface area contributed by atoms with Gasteiger partial charge < -0.3 is 0 Å². The number of rotatable bonds is 4. The van der Waals surface area contributed by atoms with Gasteiger partial charge in [0.15, 0.2) is 0 Å². The van der Waals surface area contributed by atoms with E-state index in [1.165, 1.54) is 12.1 Å². The molecule has 3 nitrogen and oxygen atoms in total. The molecule has 3 N–H and O–H groups in total. The molecule has 5 heteroatoms. The lowest BCUT2D eigenvalue weighted by molar-refractivity contribution is 0.546. The highest BCUT2D eigenvalue weighted by atomic mass is 79.9. The number of halogens is 2. The Labute approximate surface area is 120 Å². The second-order valence-corrected chi connectivity index (χ2v) is 5.25. The molecular formula is C14H15BrFN3. The Morgan fingerprint density at radius 2 is 2.21 bits per heavy atom. The van der Waals surface area contributed by atoms with Crippen LogP contribution in [0.25, 0.3) is 0 Å². The van der Waals surface area contributed by atoms with Crippen molar-refractivity contribution in [1.29, 1.82) is 0 Å². The monoisotopic (exact) mass is 323 g/mol. The van der Waals surface area contributed by atoms with E-state index in [1.807, 2.05) is 13.0 Å². The van der Waals surface area contributed by atoms with E-state index in [0.29, 0.717) is 6.42 Å². The SMILES string of the molecule is Cc1cnccc1C(Cc1ccc(F)cc1Br)NN. The second-order valence-electron chi connectivity index (χ2n) is 4.39. The van der Waals surface area contributed by atoms with E-state index in [1.54, 1.807) is 18.5 Å². The van der Waals surface area contributed by atoms with Crippen molar-refractivity contribution in [2.24, 2.45) is 5.84 Å². The average molecular weight is 324 g/mol. The lowest BCUT2D eigenvalue weighted by Crippen LogP contribution is -2.30. The van der Waals surface area contributed by atoms with Gasteiger partial charge in [0.25, 0.3) is 0 Å². The fourth-order valence-electron chi connectivity index (χ4n) is 2.04. The van der Waals surface area contributed by atoms with Crippen molar-refractivity contribution >= 4 is 15.9 Å². The molecule has 0 fully saturated rings. The summed E-state index contributed by atoms with van der Waals surface area (Å²) < 4.78 is 13.8. The van der Waals surface area contributed by atoms with Crippen LogP contribution in [0.1, 0.15) is 22.7 Å². The van der Waals surface area contributed by atoms with E-state index in [4.69, 9.17) is 5.84 Å². The summed E-state index contributed by atoms with van der Waals surface area (Å²) in [6.07, 6.45) is 4.22. The maximum absolute atomic E-state index is 13.1. The lowest BCUT2D eigenvalue weighted by atomic mass is 9.97. The zero-order valence-electron chi connectivity index (χ0n) is 10.5. The Morgan fingerprint density at radius 3 is 2.84 bits per heavy atom. The van der Waals surface area contributed by atoms with Gasteiger partial charge in [-0.2, -0.15) is 0 Å². The number of pyridine rings is 1. The van der Waals surface area contributed by atoms with Crippen LogP contribution in [0.15, 0.2) is 41.1 Å². The van der Waals surface area contributed by atoms with Gasteiger partial charge in [-0.05, 0) is 48.2 Å². The first-order valence-corrected chi connectivity index (χ1v) is 6.71. The number of hydrogen-bond acceptors (Lipinski definition) is 3. The average Bonchev–Trinajstić information content (AvgIpc) is 2.39. The molecule has 19 heavy (non-hydrogen) atoms. The summed E-state index contributed by atoms with van der Waals surface area (Å²) in [5.74, 6) is 5.39. The Morgan fingerprint density at radius 1 is 1.42 bits per heavy atom. The van der Waals surface area contributed by atoms with Crippen molar-refractivity contribution < 1.29 is 4.39 Å². The standard InChI is InChI=1S/C14H15BrFN3/c1-9-8-18-5-4-12(9)14(19-17)6-10-2-3-11(16)7-13(10)15/h2-5,7-8,14,19H,6,17H2,1H3. The minimum atomic E-state index is -0.257. The van der Waals surface area contributed by atoms with Crippen LogP contribution in [0, 0.1) is 12.7 Å². The van der Waals surface area contributed by atoms with Crippen LogP contribution in [0.4, 0.5) is 4.39 Å². The van der Waals surface area contributed by atoms with E-state index in [-0.39, 0.29) is 11.9 Å². The molecule has 0 aliphatic rings. The molecule has 100 valence electrons. The van der Waals surface area contributed by atoms with Crippen LogP contribution >= 0.6 is 15.9 Å². The van der Waals surface area contributed by atoms with E-state index in [9.17, 15) is 4.39 Å². The van der Waals surface area contributed by atoms with E-state index in [0.717, 1.165) is 21.2 Å². The topological polar surface area (TPSA) is 50.9 Å². The summed E-state index contributed by atoms with van der Waals surface area (Å²) in [6, 6.07) is 6.58. The molecular weight excluding hydrogens is 309 g/mol. The van der Waals surface area contributed by atoms with Crippen molar-refractivity contribution in [3.8, 4) is 0 Å². The summed E-state index contributed by atoms with van der Waals surface area (Å²) in [4.78, 5) is 4.07. The van der Waals surface area contributed by atoms with Gasteiger partial charge in [-0.1, -0.05) is 22.0 Å². The Hall–Kier alpha value is -1.30. The highest BCUT2D eigenvalue weighted by Crippen LogP contribution is 2.25. The highest BCUT2D eigenvalue weighted by Gasteiger charge is 2.14. The van der Waals surface area contributed by atoms with Crippen LogP contribution in [-0.4, -0.2) is 4.98 Å². The Balaban J connectivity index is 2.27. The second kappa shape index (κ2) is 6.23. The molecule has 2 aromatic rings. The van der Waals surface area contributed by atoms with Crippen molar-refractivity contribution in [2.45, 2.75) is 19.4 Å². The van der Waals surface area contributed by atoms with Crippen molar-refractivity contribution in [3.05, 3.63) is 63.6 Å². The third-order valence-corrected chi connectivity index (χ3v) is 3.82. The largest absolute Gasteiger partial charge is 0.271 e. The normalized spacial score (nSPS) is 12.4. The van der Waals surface area contributed by atoms with Gasteiger partial charge in [-0.15, -0.1) is 0 Å². The summed E-state index contributed by atoms with van der Waals surface area (Å²) in [5, 5.41) is 0. The Kier molecular flexibility index (Phi) is 4.63. The number of hydrogen-bond donors (Lipinski definition) is 2. The van der Waals surface area contributed by atoms with Gasteiger partial charge in [0.1, 0.15) is 5.82 Å². The quantitative estimate of drug-likeness (QED) is 0.671. The molecule has 0 saturated carbocycles. The number of nitrogens with two attached hydrogens (primary N) is 1. The number of nitrogens with one attached hydrogen (secondary N) is 1. The molecule has 1 aromatic carbocycles. The third kappa shape index (κ3) is 3.37. The molecule has 0 spiro atoms. The van der Waals surface area contributed by atoms with Crippen LogP contribution in [-0.2, 0) is 6.42 Å². The van der Waals surface area contributed by atoms with E-state index in [2.05, 4.69) is 26.3 Å². The number of aryl methyl sites for hydroxylation is 1. The molecule has 0 aliphatic carbocycles. The Bertz CT molecular complexity index is 574. The molecule has 0 radical (unpaired) electrons. The molecule has 0 amide bonds. The van der Waals surface area contributed by atoms with Crippen LogP contribution in [0.3, 0.4) is 0 Å². The summed E-state index contributed by atoms with van der Waals surface area (Å²) in [6.45, 7) is 1.99. The number of benzene rings is 1. The molecule has 0 aliphatic heterocycles. The lowest BCUT2D eigenvalue weighted by Gasteiger charge is -2.19. The van der Waals surface area contributed by atoms with Gasteiger partial charge in [0.05, 0.1) is 6.04 Å². The fraction of sp³-hybridized carbons (Fsp3) is 0.214. The number of nitrogens with zero attached hydrogens (tertiary/aromatic N) is 1. The summed E-state index contributed by atoms with van der Waals surface area (Å²) in [5.41, 5.74) is 5.97. The van der Waals surface area contributed by atoms with Crippen molar-refractivity contribution in [3.63, 3.8) is 0 Å². The maximum Gasteiger partial charge on any atom is 0.124 e. The van der Waals surface area contributed by atoms with Gasteiger partial charge >= 0.3 is 0 Å². The van der Waals surface area contributed by atoms with E-state index < -0.39 is 0 Å². The van der Waals surface area contributed by atoms with Gasteiger partial charge in [0.2, 0.25) is 0 Å². The van der Waals surface area contributed by atoms with Crippen LogP contribution < -0.4 is 11.3 Å². The molecule has 2 rings (SSSR count). The van der Waals surface area contributed by atoms with Crippen molar-refractivity contribution in [1.82, 2.24) is 10.4 Å². The van der Waals surface area contributed by atoms with Gasteiger partial charge in [0, 0.05) is 16.9 Å². The number of hydrazine groups is 1. The highest BCUT2D eigenvalue weighted by molar-refractivity contribution is 9.10. The first-order chi connectivity index (χ1) is 9.11. The smallest absolute Gasteiger partial charge is 0.124 e. The fourth-order valence-corrected chi connectivity index (χ4v) is 2.55. The van der Waals surface area contributed by atoms with Gasteiger partial charge in [-0.3, -0.25) is 16.3 Å². The molecule has 1 atom stereocenters. The zero-order chi connectivity index (χ0) is 13.8. The predicted octanol–water partition coefficient (Wildman–Crippen LogP) is 3.04. The minimum absolute atomic E-state index is 0.0373. The zero-order valence-corrected chi connectivity index (χ0v) is 12.1. The maximum atomic E-state index is 13.1.